The molecule has 1 aromatic rings. The van der Waals surface area contributed by atoms with E-state index in [4.69, 9.17) is 11.8 Å². The predicted molar refractivity (Wildman–Crippen MR) is 82.5 cm³/mol. The van der Waals surface area contributed by atoms with Crippen LogP contribution in [0.25, 0.3) is 4.85 Å². The van der Waals surface area contributed by atoms with Crippen LogP contribution in [0.2, 0.25) is 0 Å². The summed E-state index contributed by atoms with van der Waals surface area (Å²) in [5, 5.41) is 19.5. The van der Waals surface area contributed by atoms with E-state index in [2.05, 4.69) is 25.6 Å². The van der Waals surface area contributed by atoms with Crippen molar-refractivity contribution in [3.63, 3.8) is 0 Å². The maximum atomic E-state index is 10.5. The first-order valence-corrected chi connectivity index (χ1v) is 7.67. The number of nitriles is 1. The number of fused-ring (bicyclic) bond motifs is 1. The summed E-state index contributed by atoms with van der Waals surface area (Å²) in [6.45, 7) is 15.2. The molecule has 3 nitrogen and oxygen atoms in total. The number of hydrogen-bond acceptors (Lipinski definition) is 4. The standard InChI is InChI=1S/C15H14N2OS2/c1-8-6-9(15(2,3)4)11(18)13-12(8)19-14(20-13)10(7-16)17-5/h6,18H,1-4H3/b14-10-. The molecule has 20 heavy (non-hydrogen) atoms. The van der Waals surface area contributed by atoms with Crippen LogP contribution in [0.3, 0.4) is 0 Å². The number of phenols is 1. The minimum absolute atomic E-state index is 0.0901. The first-order chi connectivity index (χ1) is 9.29. The van der Waals surface area contributed by atoms with Crippen molar-refractivity contribution in [2.24, 2.45) is 0 Å². The fourth-order valence-corrected chi connectivity index (χ4v) is 4.50. The maximum Gasteiger partial charge on any atom is 0.282 e. The van der Waals surface area contributed by atoms with Gasteiger partial charge in [0.05, 0.1) is 21.8 Å². The quantitative estimate of drug-likeness (QED) is 0.552. The molecule has 1 aliphatic heterocycles. The third kappa shape index (κ3) is 2.40. The van der Waals surface area contributed by atoms with Crippen molar-refractivity contribution in [2.45, 2.75) is 42.9 Å². The molecule has 0 saturated heterocycles. The third-order valence-corrected chi connectivity index (χ3v) is 5.72. The molecular weight excluding hydrogens is 288 g/mol. The molecule has 102 valence electrons. The van der Waals surface area contributed by atoms with E-state index in [0.29, 0.717) is 4.24 Å². The zero-order valence-corrected chi connectivity index (χ0v) is 13.4. The van der Waals surface area contributed by atoms with Crippen LogP contribution in [0, 0.1) is 24.8 Å². The highest BCUT2D eigenvalue weighted by molar-refractivity contribution is 8.24. The third-order valence-electron chi connectivity index (χ3n) is 3.00. The van der Waals surface area contributed by atoms with Gasteiger partial charge in [0.1, 0.15) is 5.75 Å². The van der Waals surface area contributed by atoms with E-state index in [0.717, 1.165) is 20.9 Å². The first-order valence-electron chi connectivity index (χ1n) is 6.04. The Kier molecular flexibility index (Phi) is 3.77. The van der Waals surface area contributed by atoms with Gasteiger partial charge >= 0.3 is 0 Å². The van der Waals surface area contributed by atoms with Crippen molar-refractivity contribution in [3.8, 4) is 11.8 Å². The Morgan fingerprint density at radius 1 is 1.35 bits per heavy atom. The molecule has 0 bridgehead atoms. The second kappa shape index (κ2) is 5.09. The number of rotatable bonds is 0. The molecule has 0 spiro atoms. The van der Waals surface area contributed by atoms with Gasteiger partial charge < -0.3 is 5.11 Å². The average molecular weight is 302 g/mol. The van der Waals surface area contributed by atoms with Crippen LogP contribution in [-0.2, 0) is 5.41 Å². The maximum absolute atomic E-state index is 10.5. The molecule has 0 aliphatic carbocycles. The molecule has 0 fully saturated rings. The number of allylic oxidation sites excluding steroid dienone is 1. The van der Waals surface area contributed by atoms with Crippen molar-refractivity contribution < 1.29 is 5.11 Å². The van der Waals surface area contributed by atoms with Gasteiger partial charge in [-0.25, -0.2) is 10.1 Å². The molecule has 1 aromatic carbocycles. The van der Waals surface area contributed by atoms with Gasteiger partial charge in [0.25, 0.3) is 5.70 Å². The minimum atomic E-state index is -0.153. The fraction of sp³-hybridized carbons (Fsp3) is 0.333. The van der Waals surface area contributed by atoms with Gasteiger partial charge in [-0.1, -0.05) is 50.4 Å². The van der Waals surface area contributed by atoms with Crippen LogP contribution in [0.1, 0.15) is 31.9 Å². The summed E-state index contributed by atoms with van der Waals surface area (Å²) < 4.78 is 0.655. The number of nitrogens with zero attached hydrogens (tertiary/aromatic N) is 2. The van der Waals surface area contributed by atoms with Crippen molar-refractivity contribution >= 4 is 23.5 Å². The van der Waals surface area contributed by atoms with E-state index in [1.165, 1.54) is 23.5 Å². The van der Waals surface area contributed by atoms with Crippen LogP contribution in [0.15, 0.2) is 25.8 Å². The second-order valence-electron chi connectivity index (χ2n) is 5.56. The van der Waals surface area contributed by atoms with Gasteiger partial charge in [-0.15, -0.1) is 0 Å². The monoisotopic (exact) mass is 302 g/mol. The summed E-state index contributed by atoms with van der Waals surface area (Å²) >= 11 is 2.72. The van der Waals surface area contributed by atoms with Crippen molar-refractivity contribution in [3.05, 3.63) is 38.5 Å². The van der Waals surface area contributed by atoms with E-state index in [1.807, 2.05) is 19.1 Å². The molecule has 1 N–H and O–H groups in total. The molecule has 0 aromatic heterocycles. The summed E-state index contributed by atoms with van der Waals surface area (Å²) in [5.74, 6) is 0.271. The Labute approximate surface area is 127 Å². The lowest BCUT2D eigenvalue weighted by Gasteiger charge is -2.22. The lowest BCUT2D eigenvalue weighted by Crippen LogP contribution is -2.12. The molecule has 0 saturated carbocycles. The molecule has 0 unspecified atom stereocenters. The van der Waals surface area contributed by atoms with Crippen LogP contribution in [0.5, 0.6) is 5.75 Å². The van der Waals surface area contributed by atoms with E-state index in [9.17, 15) is 5.11 Å². The molecule has 0 radical (unpaired) electrons. The number of thioether (sulfide) groups is 2. The topological polar surface area (TPSA) is 48.4 Å². The van der Waals surface area contributed by atoms with Gasteiger partial charge in [0, 0.05) is 10.5 Å². The Balaban J connectivity index is 2.63. The van der Waals surface area contributed by atoms with Gasteiger partial charge in [-0.05, 0) is 17.9 Å². The zero-order chi connectivity index (χ0) is 15.1. The SMILES string of the molecule is [C-]#[N+]/C(C#N)=C1/Sc2c(C)cc(C(C)(C)C)c(O)c2S1. The molecule has 0 atom stereocenters. The first kappa shape index (κ1) is 14.8. The number of aromatic hydroxyl groups is 1. The van der Waals surface area contributed by atoms with E-state index >= 15 is 0 Å². The van der Waals surface area contributed by atoms with E-state index in [1.54, 1.807) is 0 Å². The molecular formula is C15H14N2OS2. The molecule has 0 amide bonds. The van der Waals surface area contributed by atoms with Gasteiger partial charge in [0.2, 0.25) is 0 Å². The number of benzene rings is 1. The molecule has 1 aliphatic rings. The summed E-state index contributed by atoms with van der Waals surface area (Å²) in [6, 6.07) is 3.91. The Hall–Kier alpha value is -1.56. The highest BCUT2D eigenvalue weighted by Crippen LogP contribution is 2.58. The molecule has 1 heterocycles. The summed E-state index contributed by atoms with van der Waals surface area (Å²) in [4.78, 5) is 4.97. The van der Waals surface area contributed by atoms with Crippen LogP contribution in [-0.4, -0.2) is 5.11 Å². The normalized spacial score (nSPS) is 16.3. The van der Waals surface area contributed by atoms with E-state index in [-0.39, 0.29) is 16.9 Å². The molecule has 2 rings (SSSR count). The summed E-state index contributed by atoms with van der Waals surface area (Å²) in [6.07, 6.45) is 0. The number of phenolic OH excluding ortho intramolecular Hbond substituents is 1. The lowest BCUT2D eigenvalue weighted by molar-refractivity contribution is 0.431. The van der Waals surface area contributed by atoms with Crippen LogP contribution < -0.4 is 0 Å². The van der Waals surface area contributed by atoms with Crippen molar-refractivity contribution in [2.75, 3.05) is 0 Å². The zero-order valence-electron chi connectivity index (χ0n) is 11.7. The van der Waals surface area contributed by atoms with E-state index < -0.39 is 0 Å². The highest BCUT2D eigenvalue weighted by atomic mass is 32.2. The minimum Gasteiger partial charge on any atom is -0.506 e. The average Bonchev–Trinajstić information content (AvgIpc) is 2.79. The number of hydrogen-bond donors (Lipinski definition) is 1. The molecule has 5 heteroatoms. The smallest absolute Gasteiger partial charge is 0.282 e. The lowest BCUT2D eigenvalue weighted by atomic mass is 9.85. The van der Waals surface area contributed by atoms with Gasteiger partial charge in [-0.2, -0.15) is 0 Å². The van der Waals surface area contributed by atoms with Gasteiger partial charge in [-0.3, -0.25) is 0 Å². The summed E-state index contributed by atoms with van der Waals surface area (Å²) in [7, 11) is 0. The Morgan fingerprint density at radius 2 is 1.95 bits per heavy atom. The number of aryl methyl sites for hydroxylation is 1. The second-order valence-corrected chi connectivity index (χ2v) is 7.86. The van der Waals surface area contributed by atoms with Crippen molar-refractivity contribution in [1.82, 2.24) is 0 Å². The van der Waals surface area contributed by atoms with Gasteiger partial charge in [0.15, 0.2) is 0 Å². The Morgan fingerprint density at radius 3 is 2.45 bits per heavy atom. The Bertz CT molecular complexity index is 685. The largest absolute Gasteiger partial charge is 0.506 e. The summed E-state index contributed by atoms with van der Waals surface area (Å²) in [5.41, 5.74) is 1.90. The van der Waals surface area contributed by atoms with Crippen LogP contribution >= 0.6 is 23.5 Å². The van der Waals surface area contributed by atoms with Crippen molar-refractivity contribution in [1.29, 1.82) is 5.26 Å². The highest BCUT2D eigenvalue weighted by Gasteiger charge is 2.30. The van der Waals surface area contributed by atoms with Crippen LogP contribution in [0.4, 0.5) is 0 Å². The fourth-order valence-electron chi connectivity index (χ4n) is 1.97. The predicted octanol–water partition coefficient (Wildman–Crippen LogP) is 4.81.